The average Bonchev–Trinajstić information content (AvgIpc) is 2.07. The highest BCUT2D eigenvalue weighted by Gasteiger charge is 2.08. The van der Waals surface area contributed by atoms with Gasteiger partial charge in [-0.15, -0.1) is 0 Å². The van der Waals surface area contributed by atoms with E-state index < -0.39 is 0 Å². The molecule has 1 aliphatic heterocycles. The summed E-state index contributed by atoms with van der Waals surface area (Å²) in [6.45, 7) is 7.28. The maximum absolute atomic E-state index is 2.50. The average molecular weight is 154 g/mol. The Morgan fingerprint density at radius 1 is 1.18 bits per heavy atom. The first kappa shape index (κ1) is 9.05. The molecule has 1 fully saturated rings. The first-order valence-corrected chi connectivity index (χ1v) is 5.01. The predicted octanol–water partition coefficient (Wildman–Crippen LogP) is 2.82. The van der Waals surface area contributed by atoms with Crippen LogP contribution in [0.15, 0.2) is 0 Å². The van der Waals surface area contributed by atoms with Gasteiger partial charge in [0.2, 0.25) is 0 Å². The van der Waals surface area contributed by atoms with E-state index in [2.05, 4.69) is 18.4 Å². The van der Waals surface area contributed by atoms with Gasteiger partial charge in [-0.05, 0) is 32.4 Å². The van der Waals surface area contributed by atoms with E-state index in [1.165, 1.54) is 51.6 Å². The molecule has 1 rings (SSSR count). The zero-order valence-electron chi connectivity index (χ0n) is 7.68. The zero-order valence-corrected chi connectivity index (χ0v) is 7.68. The van der Waals surface area contributed by atoms with Crippen molar-refractivity contribution in [3.63, 3.8) is 0 Å². The van der Waals surface area contributed by atoms with Gasteiger partial charge in [0.15, 0.2) is 0 Å². The molecule has 1 saturated heterocycles. The molecule has 0 saturated carbocycles. The minimum absolute atomic E-state index is 1.29. The number of rotatable bonds is 4. The Labute approximate surface area is 70.8 Å². The second-order valence-corrected chi connectivity index (χ2v) is 3.42. The van der Waals surface area contributed by atoms with Crippen molar-refractivity contribution in [1.82, 2.24) is 4.90 Å². The molecule has 1 heteroatoms. The molecule has 11 heavy (non-hydrogen) atoms. The van der Waals surface area contributed by atoms with Crippen molar-refractivity contribution in [2.75, 3.05) is 13.1 Å². The highest BCUT2D eigenvalue weighted by molar-refractivity contribution is 4.72. The molecule has 0 aliphatic carbocycles. The first-order chi connectivity index (χ1) is 5.43. The largest absolute Gasteiger partial charge is 0.299 e. The normalized spacial score (nSPS) is 20.5. The van der Waals surface area contributed by atoms with Crippen LogP contribution in [0.5, 0.6) is 0 Å². The fraction of sp³-hybridized carbons (Fsp3) is 0.900. The van der Waals surface area contributed by atoms with Crippen LogP contribution in [0.4, 0.5) is 0 Å². The summed E-state index contributed by atoms with van der Waals surface area (Å²) >= 11 is 0. The van der Waals surface area contributed by atoms with Crippen molar-refractivity contribution < 1.29 is 0 Å². The third-order valence-electron chi connectivity index (χ3n) is 2.34. The second kappa shape index (κ2) is 5.59. The molecule has 65 valence electrons. The summed E-state index contributed by atoms with van der Waals surface area (Å²) in [7, 11) is 0. The fourth-order valence-electron chi connectivity index (χ4n) is 1.58. The number of likely N-dealkylation sites (tertiary alicyclic amines) is 1. The molecular weight excluding hydrogens is 134 g/mol. The molecule has 0 unspecified atom stereocenters. The minimum atomic E-state index is 1.29. The van der Waals surface area contributed by atoms with E-state index in [1.807, 2.05) is 0 Å². The minimum Gasteiger partial charge on any atom is -0.299 e. The Morgan fingerprint density at radius 2 is 1.91 bits per heavy atom. The lowest BCUT2D eigenvalue weighted by Gasteiger charge is -2.25. The molecule has 0 amide bonds. The standard InChI is InChI=1S/C10H20N/c1-2-3-5-8-11-9-6-4-7-10-11/h8H,2-7,9-10H2,1H3. The van der Waals surface area contributed by atoms with Gasteiger partial charge in [0.05, 0.1) is 0 Å². The van der Waals surface area contributed by atoms with Gasteiger partial charge in [-0.25, -0.2) is 0 Å². The van der Waals surface area contributed by atoms with E-state index in [0.717, 1.165) is 0 Å². The van der Waals surface area contributed by atoms with E-state index in [9.17, 15) is 0 Å². The summed E-state index contributed by atoms with van der Waals surface area (Å²) in [6.07, 6.45) is 8.22. The molecule has 1 nitrogen and oxygen atoms in total. The lowest BCUT2D eigenvalue weighted by atomic mass is 10.1. The molecule has 0 atom stereocenters. The highest BCUT2D eigenvalue weighted by atomic mass is 15.1. The number of unbranched alkanes of at least 4 members (excludes halogenated alkanes) is 2. The van der Waals surface area contributed by atoms with Crippen molar-refractivity contribution in [1.29, 1.82) is 0 Å². The molecule has 0 aromatic rings. The van der Waals surface area contributed by atoms with Crippen LogP contribution in [-0.2, 0) is 0 Å². The number of hydrogen-bond acceptors (Lipinski definition) is 1. The number of nitrogens with zero attached hydrogens (tertiary/aromatic N) is 1. The van der Waals surface area contributed by atoms with Crippen LogP contribution in [0, 0.1) is 6.54 Å². The van der Waals surface area contributed by atoms with Crippen molar-refractivity contribution in [3.8, 4) is 0 Å². The summed E-state index contributed by atoms with van der Waals surface area (Å²) in [5.74, 6) is 0. The predicted molar refractivity (Wildman–Crippen MR) is 49.2 cm³/mol. The number of piperidine rings is 1. The molecule has 0 aromatic heterocycles. The molecule has 1 radical (unpaired) electrons. The Morgan fingerprint density at radius 3 is 2.55 bits per heavy atom. The monoisotopic (exact) mass is 154 g/mol. The van der Waals surface area contributed by atoms with E-state index in [4.69, 9.17) is 0 Å². The molecule has 0 aromatic carbocycles. The van der Waals surface area contributed by atoms with E-state index >= 15 is 0 Å². The Kier molecular flexibility index (Phi) is 4.60. The molecule has 0 N–H and O–H groups in total. The Bertz CT molecular complexity index is 84.9. The molecule has 1 heterocycles. The van der Waals surface area contributed by atoms with Crippen LogP contribution < -0.4 is 0 Å². The maximum atomic E-state index is 2.50. The van der Waals surface area contributed by atoms with Crippen LogP contribution in [0.3, 0.4) is 0 Å². The van der Waals surface area contributed by atoms with Crippen LogP contribution in [-0.4, -0.2) is 18.0 Å². The summed E-state index contributed by atoms with van der Waals surface area (Å²) in [4.78, 5) is 2.50. The zero-order chi connectivity index (χ0) is 7.94. The third-order valence-corrected chi connectivity index (χ3v) is 2.34. The van der Waals surface area contributed by atoms with Gasteiger partial charge < -0.3 is 0 Å². The Balaban J connectivity index is 1.96. The van der Waals surface area contributed by atoms with Crippen LogP contribution >= 0.6 is 0 Å². The smallest absolute Gasteiger partial charge is 0.0251 e. The summed E-state index contributed by atoms with van der Waals surface area (Å²) < 4.78 is 0. The van der Waals surface area contributed by atoms with E-state index in [-0.39, 0.29) is 0 Å². The van der Waals surface area contributed by atoms with Gasteiger partial charge in [0.1, 0.15) is 0 Å². The van der Waals surface area contributed by atoms with Crippen LogP contribution in [0.25, 0.3) is 0 Å². The molecular formula is C10H20N. The fourth-order valence-corrected chi connectivity index (χ4v) is 1.58. The number of hydrogen-bond donors (Lipinski definition) is 0. The first-order valence-electron chi connectivity index (χ1n) is 5.01. The molecule has 0 spiro atoms. The topological polar surface area (TPSA) is 3.24 Å². The van der Waals surface area contributed by atoms with Gasteiger partial charge in [-0.3, -0.25) is 4.90 Å². The van der Waals surface area contributed by atoms with Crippen molar-refractivity contribution in [2.45, 2.75) is 45.4 Å². The van der Waals surface area contributed by atoms with Gasteiger partial charge in [0.25, 0.3) is 0 Å². The van der Waals surface area contributed by atoms with Gasteiger partial charge in [0, 0.05) is 6.54 Å². The molecule has 1 aliphatic rings. The summed E-state index contributed by atoms with van der Waals surface area (Å²) in [5.41, 5.74) is 0. The maximum Gasteiger partial charge on any atom is 0.0251 e. The lowest BCUT2D eigenvalue weighted by molar-refractivity contribution is 0.268. The van der Waals surface area contributed by atoms with Gasteiger partial charge >= 0.3 is 0 Å². The van der Waals surface area contributed by atoms with E-state index in [0.29, 0.717) is 0 Å². The van der Waals surface area contributed by atoms with Crippen molar-refractivity contribution in [3.05, 3.63) is 6.54 Å². The van der Waals surface area contributed by atoms with Gasteiger partial charge in [-0.1, -0.05) is 26.2 Å². The van der Waals surface area contributed by atoms with Crippen LogP contribution in [0.1, 0.15) is 45.4 Å². The van der Waals surface area contributed by atoms with E-state index in [1.54, 1.807) is 0 Å². The van der Waals surface area contributed by atoms with Crippen molar-refractivity contribution >= 4 is 0 Å². The second-order valence-electron chi connectivity index (χ2n) is 3.42. The van der Waals surface area contributed by atoms with Gasteiger partial charge in [-0.2, -0.15) is 0 Å². The summed E-state index contributed by atoms with van der Waals surface area (Å²) in [5, 5.41) is 0. The SMILES string of the molecule is CCCC[CH]N1CCCCC1. The third kappa shape index (κ3) is 3.76. The quantitative estimate of drug-likeness (QED) is 0.563. The summed E-state index contributed by atoms with van der Waals surface area (Å²) in [6, 6.07) is 0. The Hall–Kier alpha value is -0.0400. The van der Waals surface area contributed by atoms with Crippen LogP contribution in [0.2, 0.25) is 0 Å². The highest BCUT2D eigenvalue weighted by Crippen LogP contribution is 2.12. The lowest BCUT2D eigenvalue weighted by Crippen LogP contribution is -2.27. The molecule has 0 bridgehead atoms. The van der Waals surface area contributed by atoms with Crippen molar-refractivity contribution in [2.24, 2.45) is 0 Å².